The third-order valence-electron chi connectivity index (χ3n) is 0.421. The SMILES string of the molecule is OCC(O)CO.O[Si](O)(O)O.P.[Ca+2].[H-].[H-].[H-].[Na+]. The van der Waals surface area contributed by atoms with E-state index in [9.17, 15) is 0 Å². The molecule has 0 amide bonds. The normalized spacial score (nSPS) is 8.57. The Bertz CT molecular complexity index is 96.9. The van der Waals surface area contributed by atoms with Gasteiger partial charge in [-0.1, -0.05) is 0 Å². The molecule has 0 saturated heterocycles. The van der Waals surface area contributed by atoms with Gasteiger partial charge in [-0.15, -0.1) is 0 Å². The minimum Gasteiger partial charge on any atom is -1.00 e. The third kappa shape index (κ3) is 61.8. The van der Waals surface area contributed by atoms with Gasteiger partial charge >= 0.3 is 76.3 Å². The third-order valence-corrected chi connectivity index (χ3v) is 0.421. The van der Waals surface area contributed by atoms with Gasteiger partial charge in [-0.2, -0.15) is 9.90 Å². The van der Waals surface area contributed by atoms with Gasteiger partial charge in [-0.3, -0.25) is 0 Å². The Labute approximate surface area is 143 Å². The van der Waals surface area contributed by atoms with Crippen LogP contribution in [0.1, 0.15) is 4.28 Å². The fraction of sp³-hybridized carbons (Fsp3) is 1.00. The molecule has 0 aromatic heterocycles. The topological polar surface area (TPSA) is 142 Å². The first-order valence-corrected chi connectivity index (χ1v) is 4.39. The second kappa shape index (κ2) is 18.0. The Morgan fingerprint density at radius 1 is 1.00 bits per heavy atom. The molecule has 84 valence electrons. The summed E-state index contributed by atoms with van der Waals surface area (Å²) < 4.78 is 0. The zero-order valence-electron chi connectivity index (χ0n) is 11.0. The predicted octanol–water partition coefficient (Wildman–Crippen LogP) is -7.26. The van der Waals surface area contributed by atoms with Crippen LogP contribution in [0.2, 0.25) is 0 Å². The van der Waals surface area contributed by atoms with Crippen molar-refractivity contribution in [2.24, 2.45) is 0 Å². The maximum atomic E-state index is 8.17. The van der Waals surface area contributed by atoms with Crippen molar-refractivity contribution in [3.8, 4) is 0 Å². The molecule has 0 aromatic carbocycles. The van der Waals surface area contributed by atoms with Gasteiger partial charge in [0.1, 0.15) is 6.10 Å². The van der Waals surface area contributed by atoms with E-state index in [1.165, 1.54) is 0 Å². The Balaban J connectivity index is -0.0000000118. The molecule has 0 aliphatic rings. The largest absolute Gasteiger partial charge is 2.00 e. The number of aliphatic hydroxyl groups excluding tert-OH is 3. The summed E-state index contributed by atoms with van der Waals surface area (Å²) in [5.41, 5.74) is 0. The maximum absolute atomic E-state index is 8.17. The van der Waals surface area contributed by atoms with Crippen LogP contribution in [0.15, 0.2) is 0 Å². The molecule has 7 N–H and O–H groups in total. The molecule has 7 nitrogen and oxygen atoms in total. The molecule has 0 rings (SSSR count). The van der Waals surface area contributed by atoms with E-state index in [4.69, 9.17) is 34.5 Å². The van der Waals surface area contributed by atoms with Crippen LogP contribution in [0.25, 0.3) is 0 Å². The standard InChI is InChI=1S/C3H8O3.Ca.Na.H4O4Si.H3P.3H/c4-1-3(6)2-5;;;1-5(2,3)4;;;;/h3-6H,1-2H2;;;1-4H;1H3;;;/q;+2;+1;;;3*-1. The number of hydrogen-bond donors (Lipinski definition) is 7. The van der Waals surface area contributed by atoms with Crippen LogP contribution >= 0.6 is 9.90 Å². The minimum absolute atomic E-state index is 0. The van der Waals surface area contributed by atoms with Crippen LogP contribution < -0.4 is 29.6 Å². The van der Waals surface area contributed by atoms with Crippen molar-refractivity contribution >= 4 is 56.7 Å². The van der Waals surface area contributed by atoms with E-state index >= 15 is 0 Å². The van der Waals surface area contributed by atoms with Gasteiger partial charge in [0, 0.05) is 0 Å². The van der Waals surface area contributed by atoms with Gasteiger partial charge in [0.05, 0.1) is 13.2 Å². The van der Waals surface area contributed by atoms with Gasteiger partial charge in [0.15, 0.2) is 0 Å². The Hall–Kier alpha value is 2.63. The summed E-state index contributed by atoms with van der Waals surface area (Å²) in [4.78, 5) is 29.3. The first kappa shape index (κ1) is 30.0. The molecule has 0 radical (unpaired) electrons. The van der Waals surface area contributed by atoms with Gasteiger partial charge in [-0.05, 0) is 0 Å². The van der Waals surface area contributed by atoms with Crippen molar-refractivity contribution in [1.29, 1.82) is 0 Å². The van der Waals surface area contributed by atoms with Crippen LogP contribution in [0, 0.1) is 0 Å². The molecular weight excluding hydrogens is 270 g/mol. The molecule has 0 fully saturated rings. The van der Waals surface area contributed by atoms with Crippen molar-refractivity contribution < 1.29 is 68.3 Å². The molecule has 11 heteroatoms. The van der Waals surface area contributed by atoms with Crippen molar-refractivity contribution in [1.82, 2.24) is 0 Å². The molecular formula is C3H18CaNaO7PSi. The first-order chi connectivity index (χ1) is 4.81. The molecule has 0 spiro atoms. The summed E-state index contributed by atoms with van der Waals surface area (Å²) in [6.45, 7) is -0.729. The van der Waals surface area contributed by atoms with Crippen LogP contribution in [-0.2, 0) is 0 Å². The van der Waals surface area contributed by atoms with Crippen LogP contribution in [0.3, 0.4) is 0 Å². The minimum atomic E-state index is -4.61. The van der Waals surface area contributed by atoms with E-state index in [0.29, 0.717) is 0 Å². The van der Waals surface area contributed by atoms with E-state index in [1.807, 2.05) is 0 Å². The fourth-order valence-electron chi connectivity index (χ4n) is 0.0577. The molecule has 0 saturated carbocycles. The van der Waals surface area contributed by atoms with Crippen molar-refractivity contribution in [3.63, 3.8) is 0 Å². The average molecular weight is 288 g/mol. The van der Waals surface area contributed by atoms with E-state index in [2.05, 4.69) is 0 Å². The fourth-order valence-corrected chi connectivity index (χ4v) is 0.0577. The van der Waals surface area contributed by atoms with Gasteiger partial charge in [0.25, 0.3) is 0 Å². The average Bonchev–Trinajstić information content (AvgIpc) is 1.83. The summed E-state index contributed by atoms with van der Waals surface area (Å²) in [7, 11) is -4.61. The summed E-state index contributed by atoms with van der Waals surface area (Å²) in [6, 6.07) is 0. The van der Waals surface area contributed by atoms with Crippen molar-refractivity contribution in [3.05, 3.63) is 0 Å². The molecule has 1 unspecified atom stereocenters. The quantitative estimate of drug-likeness (QED) is 0.198. The van der Waals surface area contributed by atoms with Crippen molar-refractivity contribution in [2.75, 3.05) is 13.2 Å². The molecule has 14 heavy (non-hydrogen) atoms. The van der Waals surface area contributed by atoms with E-state index in [1.54, 1.807) is 0 Å². The zero-order chi connectivity index (χ0) is 9.49. The summed E-state index contributed by atoms with van der Waals surface area (Å²) in [5.74, 6) is 0. The van der Waals surface area contributed by atoms with Crippen molar-refractivity contribution in [2.45, 2.75) is 6.10 Å². The van der Waals surface area contributed by atoms with Gasteiger partial charge in [0.2, 0.25) is 0 Å². The monoisotopic (exact) mass is 288 g/mol. The zero-order valence-corrected chi connectivity index (χ0v) is 14.7. The second-order valence-corrected chi connectivity index (χ2v) is 2.82. The maximum Gasteiger partial charge on any atom is 2.00 e. The predicted molar refractivity (Wildman–Crippen MR) is 55.0 cm³/mol. The Morgan fingerprint density at radius 2 is 1.14 bits per heavy atom. The van der Waals surface area contributed by atoms with E-state index < -0.39 is 15.2 Å². The van der Waals surface area contributed by atoms with E-state index in [-0.39, 0.29) is 94.7 Å². The summed E-state index contributed by atoms with van der Waals surface area (Å²) in [5, 5.41) is 24.0. The number of hydrogen-bond acceptors (Lipinski definition) is 7. The molecule has 0 heterocycles. The molecule has 1 atom stereocenters. The summed E-state index contributed by atoms with van der Waals surface area (Å²) >= 11 is 0. The second-order valence-electron chi connectivity index (χ2n) is 1.62. The van der Waals surface area contributed by atoms with Crippen LogP contribution in [-0.4, -0.2) is 101 Å². The number of rotatable bonds is 2. The Kier molecular flexibility index (Phi) is 38.6. The molecule has 0 aliphatic heterocycles. The summed E-state index contributed by atoms with van der Waals surface area (Å²) in [6.07, 6.45) is -0.954. The van der Waals surface area contributed by atoms with E-state index in [0.717, 1.165) is 0 Å². The first-order valence-electron chi connectivity index (χ1n) is 2.60. The Morgan fingerprint density at radius 3 is 1.14 bits per heavy atom. The molecule has 0 aliphatic carbocycles. The van der Waals surface area contributed by atoms with Crippen LogP contribution in [0.4, 0.5) is 0 Å². The molecule has 0 aromatic rings. The van der Waals surface area contributed by atoms with Crippen LogP contribution in [0.5, 0.6) is 0 Å². The van der Waals surface area contributed by atoms with Gasteiger partial charge in [-0.25, -0.2) is 0 Å². The van der Waals surface area contributed by atoms with Gasteiger partial charge < -0.3 is 38.8 Å². The number of aliphatic hydroxyl groups is 3. The molecule has 0 bridgehead atoms. The smallest absolute Gasteiger partial charge is 1.00 e.